The largest absolute Gasteiger partial charge is 0.272 e. The molecule has 1 aromatic carbocycles. The summed E-state index contributed by atoms with van der Waals surface area (Å²) < 4.78 is 0. The molecule has 1 N–H and O–H groups in total. The molecule has 1 aliphatic carbocycles. The van der Waals surface area contributed by atoms with Crippen molar-refractivity contribution in [2.24, 2.45) is 5.10 Å². The molecule has 1 fully saturated rings. The van der Waals surface area contributed by atoms with Gasteiger partial charge in [-0.05, 0) is 38.2 Å². The van der Waals surface area contributed by atoms with E-state index in [0.717, 1.165) is 18.6 Å². The van der Waals surface area contributed by atoms with Gasteiger partial charge < -0.3 is 0 Å². The summed E-state index contributed by atoms with van der Waals surface area (Å²) in [5, 5.41) is 4.45. The van der Waals surface area contributed by atoms with E-state index >= 15 is 0 Å². The second-order valence-corrected chi connectivity index (χ2v) is 8.36. The number of carbonyl (C=O) groups is 1. The predicted molar refractivity (Wildman–Crippen MR) is 114 cm³/mol. The number of nitrogens with zero attached hydrogens (tertiary/aromatic N) is 1. The molecule has 1 saturated carbocycles. The van der Waals surface area contributed by atoms with Gasteiger partial charge in [-0.1, -0.05) is 74.8 Å². The second kappa shape index (κ2) is 13.0. The summed E-state index contributed by atoms with van der Waals surface area (Å²) in [5.74, 6) is 1.34. The van der Waals surface area contributed by atoms with E-state index in [1.54, 1.807) is 11.8 Å². The highest BCUT2D eigenvalue weighted by Crippen LogP contribution is 2.16. The highest BCUT2D eigenvalue weighted by molar-refractivity contribution is 7.99. The van der Waals surface area contributed by atoms with E-state index in [9.17, 15) is 4.79 Å². The van der Waals surface area contributed by atoms with E-state index in [4.69, 9.17) is 0 Å². The predicted octanol–water partition coefficient (Wildman–Crippen LogP) is 6.01. The Morgan fingerprint density at radius 2 is 1.46 bits per heavy atom. The minimum atomic E-state index is 0.0146. The number of hydrogen-bond acceptors (Lipinski definition) is 3. The third kappa shape index (κ3) is 9.42. The van der Waals surface area contributed by atoms with Crippen LogP contribution in [-0.4, -0.2) is 17.4 Å². The van der Waals surface area contributed by atoms with Gasteiger partial charge in [-0.15, -0.1) is 11.8 Å². The molecule has 2 rings (SSSR count). The smallest absolute Gasteiger partial charge is 0.250 e. The fraction of sp³-hybridized carbons (Fsp3) is 0.636. The highest BCUT2D eigenvalue weighted by atomic mass is 32.2. The van der Waals surface area contributed by atoms with Crippen LogP contribution in [-0.2, 0) is 10.5 Å². The van der Waals surface area contributed by atoms with Crippen LogP contribution >= 0.6 is 11.8 Å². The molecular formula is C22H34N2OS. The summed E-state index contributed by atoms with van der Waals surface area (Å²) in [4.78, 5) is 12.1. The van der Waals surface area contributed by atoms with E-state index in [1.165, 1.54) is 74.6 Å². The van der Waals surface area contributed by atoms with E-state index in [1.807, 2.05) is 0 Å². The van der Waals surface area contributed by atoms with Crippen LogP contribution in [0.5, 0.6) is 0 Å². The van der Waals surface area contributed by atoms with Crippen molar-refractivity contribution in [3.05, 3.63) is 35.4 Å². The molecule has 0 heterocycles. The lowest BCUT2D eigenvalue weighted by Gasteiger charge is -2.10. The maximum atomic E-state index is 12.1. The lowest BCUT2D eigenvalue weighted by molar-refractivity contribution is -0.118. The van der Waals surface area contributed by atoms with Crippen molar-refractivity contribution in [3.8, 4) is 0 Å². The minimum absolute atomic E-state index is 0.0146. The minimum Gasteiger partial charge on any atom is -0.272 e. The molecule has 0 radical (unpaired) electrons. The van der Waals surface area contributed by atoms with Gasteiger partial charge in [-0.3, -0.25) is 4.79 Å². The Labute approximate surface area is 163 Å². The number of amides is 1. The van der Waals surface area contributed by atoms with E-state index in [-0.39, 0.29) is 5.91 Å². The van der Waals surface area contributed by atoms with Gasteiger partial charge in [0.1, 0.15) is 0 Å². The van der Waals surface area contributed by atoms with Crippen LogP contribution in [0.25, 0.3) is 0 Å². The van der Waals surface area contributed by atoms with Crippen molar-refractivity contribution < 1.29 is 4.79 Å². The molecule has 1 aliphatic rings. The molecule has 144 valence electrons. The molecule has 0 saturated heterocycles. The molecule has 0 unspecified atom stereocenters. The van der Waals surface area contributed by atoms with Crippen LogP contribution in [0.15, 0.2) is 29.4 Å². The molecular weight excluding hydrogens is 340 g/mol. The highest BCUT2D eigenvalue weighted by Gasteiger charge is 2.05. The number of benzene rings is 1. The zero-order chi connectivity index (χ0) is 18.5. The monoisotopic (exact) mass is 374 g/mol. The molecule has 3 nitrogen and oxygen atoms in total. The first-order valence-corrected chi connectivity index (χ1v) is 11.4. The van der Waals surface area contributed by atoms with Crippen molar-refractivity contribution in [1.29, 1.82) is 0 Å². The van der Waals surface area contributed by atoms with Crippen molar-refractivity contribution in [2.45, 2.75) is 83.3 Å². The topological polar surface area (TPSA) is 41.5 Å². The second-order valence-electron chi connectivity index (χ2n) is 7.37. The standard InChI is InChI=1S/C22H34N2OS/c1-19-13-15-20(16-14-19)17-26-18-22(25)24-23-21-11-9-7-5-3-2-4-6-8-10-12-21/h13-16H,2-12,17-18H2,1H3,(H,24,25). The third-order valence-electron chi connectivity index (χ3n) is 4.89. The van der Waals surface area contributed by atoms with E-state index < -0.39 is 0 Å². The molecule has 1 aromatic rings. The van der Waals surface area contributed by atoms with Crippen LogP contribution in [0, 0.1) is 6.92 Å². The fourth-order valence-corrected chi connectivity index (χ4v) is 4.03. The zero-order valence-electron chi connectivity index (χ0n) is 16.3. The molecule has 0 bridgehead atoms. The first-order chi connectivity index (χ1) is 12.7. The zero-order valence-corrected chi connectivity index (χ0v) is 17.1. The van der Waals surface area contributed by atoms with Crippen LogP contribution in [0.1, 0.15) is 81.8 Å². The van der Waals surface area contributed by atoms with Crippen LogP contribution in [0.2, 0.25) is 0 Å². The maximum Gasteiger partial charge on any atom is 0.250 e. The van der Waals surface area contributed by atoms with Crippen molar-refractivity contribution >= 4 is 23.4 Å². The SMILES string of the molecule is Cc1ccc(CSCC(=O)NN=C2CCCCCCCCCCC2)cc1. The molecule has 4 heteroatoms. The number of rotatable bonds is 5. The lowest BCUT2D eigenvalue weighted by atomic mass is 10.00. The van der Waals surface area contributed by atoms with E-state index in [2.05, 4.69) is 41.7 Å². The molecule has 0 aliphatic heterocycles. The summed E-state index contributed by atoms with van der Waals surface area (Å²) in [6.45, 7) is 2.09. The average molecular weight is 375 g/mol. The Balaban J connectivity index is 1.70. The number of hydrogen-bond donors (Lipinski definition) is 1. The van der Waals surface area contributed by atoms with Crippen LogP contribution in [0.4, 0.5) is 0 Å². The first kappa shape index (κ1) is 21.0. The van der Waals surface area contributed by atoms with Gasteiger partial charge in [0.25, 0.3) is 0 Å². The Morgan fingerprint density at radius 3 is 2.04 bits per heavy atom. The Hall–Kier alpha value is -1.29. The Bertz CT molecular complexity index is 540. The summed E-state index contributed by atoms with van der Waals surface area (Å²) in [6, 6.07) is 8.49. The van der Waals surface area contributed by atoms with Crippen molar-refractivity contribution in [3.63, 3.8) is 0 Å². The number of thioether (sulfide) groups is 1. The fourth-order valence-electron chi connectivity index (χ4n) is 3.25. The summed E-state index contributed by atoms with van der Waals surface area (Å²) in [5.41, 5.74) is 6.50. The Morgan fingerprint density at radius 1 is 0.923 bits per heavy atom. The van der Waals surface area contributed by atoms with Crippen molar-refractivity contribution in [2.75, 3.05) is 5.75 Å². The number of carbonyl (C=O) groups excluding carboxylic acids is 1. The molecule has 1 amide bonds. The van der Waals surface area contributed by atoms with E-state index in [0.29, 0.717) is 5.75 Å². The molecule has 0 aromatic heterocycles. The third-order valence-corrected chi connectivity index (χ3v) is 5.90. The average Bonchev–Trinajstić information content (AvgIpc) is 2.63. The molecule has 0 atom stereocenters. The summed E-state index contributed by atoms with van der Waals surface area (Å²) in [7, 11) is 0. The lowest BCUT2D eigenvalue weighted by Crippen LogP contribution is -2.21. The summed E-state index contributed by atoms with van der Waals surface area (Å²) >= 11 is 1.64. The van der Waals surface area contributed by atoms with Gasteiger partial charge in [-0.25, -0.2) is 5.43 Å². The first-order valence-electron chi connectivity index (χ1n) is 10.2. The van der Waals surface area contributed by atoms with Gasteiger partial charge in [0, 0.05) is 11.5 Å². The van der Waals surface area contributed by atoms with Crippen LogP contribution in [0.3, 0.4) is 0 Å². The van der Waals surface area contributed by atoms with Gasteiger partial charge in [0.2, 0.25) is 5.91 Å². The van der Waals surface area contributed by atoms with Crippen molar-refractivity contribution in [1.82, 2.24) is 5.43 Å². The Kier molecular flexibility index (Phi) is 10.5. The van der Waals surface area contributed by atoms with Crippen LogP contribution < -0.4 is 5.43 Å². The number of hydrazone groups is 1. The van der Waals surface area contributed by atoms with Gasteiger partial charge >= 0.3 is 0 Å². The molecule has 0 spiro atoms. The summed E-state index contributed by atoms with van der Waals surface area (Å²) in [6.07, 6.45) is 13.9. The normalized spacial score (nSPS) is 17.0. The molecule has 26 heavy (non-hydrogen) atoms. The van der Waals surface area contributed by atoms with Gasteiger partial charge in [-0.2, -0.15) is 5.10 Å². The van der Waals surface area contributed by atoms with Gasteiger partial charge in [0.05, 0.1) is 5.75 Å². The number of aryl methyl sites for hydroxylation is 1. The van der Waals surface area contributed by atoms with Gasteiger partial charge in [0.15, 0.2) is 0 Å². The maximum absolute atomic E-state index is 12.1. The quantitative estimate of drug-likeness (QED) is 0.642. The number of nitrogens with one attached hydrogen (secondary N) is 1.